The van der Waals surface area contributed by atoms with Crippen LogP contribution in [0.3, 0.4) is 0 Å². The monoisotopic (exact) mass is 443 g/mol. The third kappa shape index (κ3) is 3.78. The lowest BCUT2D eigenvalue weighted by molar-refractivity contribution is 0.0695. The van der Waals surface area contributed by atoms with Gasteiger partial charge in [0.15, 0.2) is 5.78 Å². The first-order valence-electron chi connectivity index (χ1n) is 9.24. The van der Waals surface area contributed by atoms with Crippen molar-refractivity contribution < 1.29 is 14.7 Å². The van der Waals surface area contributed by atoms with Crippen LogP contribution in [0.5, 0.6) is 0 Å². The van der Waals surface area contributed by atoms with E-state index in [1.165, 1.54) is 6.92 Å². The summed E-state index contributed by atoms with van der Waals surface area (Å²) in [6.45, 7) is 5.47. The predicted octanol–water partition coefficient (Wildman–Crippen LogP) is 5.72. The molecule has 0 amide bonds. The maximum atomic E-state index is 13.4. The Labute approximate surface area is 183 Å². The number of carbonyl (C=O) groups excluding carboxylic acids is 1. The Morgan fingerprint density at radius 3 is 2.30 bits per heavy atom. The number of ketones is 1. The van der Waals surface area contributed by atoms with E-state index in [9.17, 15) is 19.5 Å². The quantitative estimate of drug-likeness (QED) is 0.511. The number of nitrogens with zero attached hydrogens (tertiary/aromatic N) is 1. The lowest BCUT2D eigenvalue weighted by Gasteiger charge is -2.21. The Balaban J connectivity index is 2.44. The number of Topliss-reactive ketones (excluding diaryl/α,β-unsaturated/α-hetero) is 1. The van der Waals surface area contributed by atoms with Crippen molar-refractivity contribution >= 4 is 35.0 Å². The van der Waals surface area contributed by atoms with Gasteiger partial charge in [0, 0.05) is 28.9 Å². The van der Waals surface area contributed by atoms with Crippen molar-refractivity contribution in [1.82, 2.24) is 4.57 Å². The average Bonchev–Trinajstić information content (AvgIpc) is 2.69. The van der Waals surface area contributed by atoms with Gasteiger partial charge >= 0.3 is 5.97 Å². The molecule has 154 valence electrons. The molecule has 0 spiro atoms. The van der Waals surface area contributed by atoms with Crippen LogP contribution in [0.15, 0.2) is 47.3 Å². The lowest BCUT2D eigenvalue weighted by atomic mass is 9.95. The van der Waals surface area contributed by atoms with Crippen LogP contribution < -0.4 is 5.43 Å². The molecule has 0 bridgehead atoms. The van der Waals surface area contributed by atoms with E-state index in [2.05, 4.69) is 0 Å². The molecule has 1 N–H and O–H groups in total. The van der Waals surface area contributed by atoms with Crippen molar-refractivity contribution in [1.29, 1.82) is 0 Å². The molecular formula is C23H19Cl2NO4. The molecule has 0 saturated carbocycles. The van der Waals surface area contributed by atoms with Gasteiger partial charge in [-0.15, -0.1) is 0 Å². The largest absolute Gasteiger partial charge is 0.477 e. The molecule has 0 aliphatic rings. The molecule has 30 heavy (non-hydrogen) atoms. The van der Waals surface area contributed by atoms with Gasteiger partial charge < -0.3 is 9.67 Å². The van der Waals surface area contributed by atoms with Crippen LogP contribution in [-0.4, -0.2) is 21.4 Å². The average molecular weight is 444 g/mol. The van der Waals surface area contributed by atoms with Gasteiger partial charge in [-0.3, -0.25) is 9.59 Å². The van der Waals surface area contributed by atoms with E-state index < -0.39 is 11.4 Å². The molecule has 1 aromatic heterocycles. The Morgan fingerprint density at radius 1 is 1.03 bits per heavy atom. The highest BCUT2D eigenvalue weighted by Gasteiger charge is 2.26. The molecular weight excluding hydrogens is 425 g/mol. The minimum atomic E-state index is -1.34. The fourth-order valence-electron chi connectivity index (χ4n) is 3.61. The van der Waals surface area contributed by atoms with Gasteiger partial charge in [-0.2, -0.15) is 0 Å². The highest BCUT2D eigenvalue weighted by Crippen LogP contribution is 2.33. The third-order valence-electron chi connectivity index (χ3n) is 5.01. The number of aromatic carboxylic acids is 1. The van der Waals surface area contributed by atoms with Crippen LogP contribution in [0, 0.1) is 6.92 Å². The molecule has 1 heterocycles. The van der Waals surface area contributed by atoms with Gasteiger partial charge in [0.1, 0.15) is 5.56 Å². The summed E-state index contributed by atoms with van der Waals surface area (Å²) in [5, 5.41) is 10.5. The highest BCUT2D eigenvalue weighted by atomic mass is 35.5. The molecule has 3 aromatic rings. The second-order valence-electron chi connectivity index (χ2n) is 6.83. The molecule has 0 fully saturated rings. The van der Waals surface area contributed by atoms with E-state index in [1.54, 1.807) is 54.0 Å². The summed E-state index contributed by atoms with van der Waals surface area (Å²) in [5.41, 5.74) is 1.55. The predicted molar refractivity (Wildman–Crippen MR) is 119 cm³/mol. The van der Waals surface area contributed by atoms with E-state index in [0.717, 1.165) is 0 Å². The first kappa shape index (κ1) is 21.8. The Bertz CT molecular complexity index is 1240. The number of carboxylic acid groups (broad SMARTS) is 1. The van der Waals surface area contributed by atoms with E-state index in [0.29, 0.717) is 34.0 Å². The van der Waals surface area contributed by atoms with Crippen molar-refractivity contribution in [2.45, 2.75) is 27.3 Å². The normalized spacial score (nSPS) is 10.8. The second-order valence-corrected chi connectivity index (χ2v) is 7.64. The summed E-state index contributed by atoms with van der Waals surface area (Å²) in [5.74, 6) is -1.48. The number of benzene rings is 2. The van der Waals surface area contributed by atoms with Crippen molar-refractivity contribution in [2.75, 3.05) is 0 Å². The van der Waals surface area contributed by atoms with Crippen LogP contribution in [0.25, 0.3) is 22.4 Å². The molecule has 7 heteroatoms. The van der Waals surface area contributed by atoms with Gasteiger partial charge in [0.05, 0.1) is 15.7 Å². The zero-order chi connectivity index (χ0) is 22.2. The summed E-state index contributed by atoms with van der Waals surface area (Å²) in [7, 11) is 0. The topological polar surface area (TPSA) is 76.4 Å². The van der Waals surface area contributed by atoms with Gasteiger partial charge in [-0.25, -0.2) is 4.79 Å². The summed E-state index contributed by atoms with van der Waals surface area (Å²) in [6.07, 6.45) is 0. The molecule has 0 aliphatic heterocycles. The fraction of sp³-hybridized carbons (Fsp3) is 0.174. The molecule has 0 saturated heterocycles. The maximum absolute atomic E-state index is 13.4. The van der Waals surface area contributed by atoms with Crippen LogP contribution in [0.2, 0.25) is 10.0 Å². The van der Waals surface area contributed by atoms with E-state index in [4.69, 9.17) is 23.2 Å². The number of carbonyl (C=O) groups is 2. The summed E-state index contributed by atoms with van der Waals surface area (Å²) < 4.78 is 1.76. The maximum Gasteiger partial charge on any atom is 0.341 e. The number of aromatic nitrogens is 1. The van der Waals surface area contributed by atoms with Crippen LogP contribution in [0.1, 0.15) is 40.3 Å². The number of hydrogen-bond acceptors (Lipinski definition) is 3. The summed E-state index contributed by atoms with van der Waals surface area (Å²) in [4.78, 5) is 37.4. The molecule has 0 atom stereocenters. The first-order valence-corrected chi connectivity index (χ1v) is 10.00. The van der Waals surface area contributed by atoms with Crippen molar-refractivity contribution in [3.05, 3.63) is 79.6 Å². The van der Waals surface area contributed by atoms with E-state index in [-0.39, 0.29) is 27.6 Å². The second kappa shape index (κ2) is 8.46. The molecule has 0 radical (unpaired) electrons. The summed E-state index contributed by atoms with van der Waals surface area (Å²) in [6, 6.07) is 11.4. The molecule has 3 rings (SSSR count). The van der Waals surface area contributed by atoms with Gasteiger partial charge in [0.25, 0.3) is 0 Å². The van der Waals surface area contributed by atoms with Gasteiger partial charge in [-0.1, -0.05) is 47.5 Å². The lowest BCUT2D eigenvalue weighted by Crippen LogP contribution is -2.25. The van der Waals surface area contributed by atoms with E-state index in [1.807, 2.05) is 6.92 Å². The molecule has 2 aromatic carbocycles. The number of hydrogen-bond donors (Lipinski definition) is 1. The molecule has 0 unspecified atom stereocenters. The van der Waals surface area contributed by atoms with E-state index >= 15 is 0 Å². The Morgan fingerprint density at radius 2 is 1.73 bits per heavy atom. The van der Waals surface area contributed by atoms with Crippen molar-refractivity contribution in [3.8, 4) is 22.4 Å². The van der Waals surface area contributed by atoms with Crippen LogP contribution >= 0.6 is 23.2 Å². The fourth-order valence-corrected chi connectivity index (χ4v) is 3.90. The molecule has 5 nitrogen and oxygen atoms in total. The van der Waals surface area contributed by atoms with Crippen molar-refractivity contribution in [2.24, 2.45) is 0 Å². The zero-order valence-corrected chi connectivity index (χ0v) is 18.1. The van der Waals surface area contributed by atoms with Crippen LogP contribution in [0.4, 0.5) is 0 Å². The molecule has 0 aliphatic carbocycles. The number of rotatable bonds is 5. The van der Waals surface area contributed by atoms with Gasteiger partial charge in [0.2, 0.25) is 5.43 Å². The first-order chi connectivity index (χ1) is 14.2. The number of halogens is 2. The smallest absolute Gasteiger partial charge is 0.341 e. The van der Waals surface area contributed by atoms with Gasteiger partial charge in [-0.05, 0) is 44.5 Å². The Hall–Kier alpha value is -2.89. The summed E-state index contributed by atoms with van der Waals surface area (Å²) >= 11 is 12.2. The third-order valence-corrected chi connectivity index (χ3v) is 5.75. The zero-order valence-electron chi connectivity index (χ0n) is 16.6. The van der Waals surface area contributed by atoms with Crippen molar-refractivity contribution in [3.63, 3.8) is 0 Å². The standard InChI is InChI=1S/C23H19Cl2NO4/c1-4-26-12(2)19(15-7-5-6-14(10-15)13(3)27)22(28)20(23(29)30)21(26)16-8-9-17(24)18(25)11-16/h5-11H,4H2,1-3H3,(H,29,30). The number of carboxylic acids is 1. The highest BCUT2D eigenvalue weighted by molar-refractivity contribution is 6.42. The minimum Gasteiger partial charge on any atom is -0.477 e. The number of pyridine rings is 1. The van der Waals surface area contributed by atoms with Crippen LogP contribution in [-0.2, 0) is 6.54 Å². The SMILES string of the molecule is CCn1c(C)c(-c2cccc(C(C)=O)c2)c(=O)c(C(=O)O)c1-c1ccc(Cl)c(Cl)c1. The minimum absolute atomic E-state index is 0.142. The Kier molecular flexibility index (Phi) is 6.15.